The van der Waals surface area contributed by atoms with E-state index in [-0.39, 0.29) is 22.2 Å². The molecule has 3 rings (SSSR count). The van der Waals surface area contributed by atoms with E-state index in [1.165, 1.54) is 35.2 Å². The molecule has 0 atom stereocenters. The van der Waals surface area contributed by atoms with E-state index in [0.29, 0.717) is 25.8 Å². The van der Waals surface area contributed by atoms with Gasteiger partial charge < -0.3 is 10.5 Å². The van der Waals surface area contributed by atoms with Crippen LogP contribution in [0.4, 0.5) is 0 Å². The second-order valence-corrected chi connectivity index (χ2v) is 10.3. The molecule has 0 amide bonds. The summed E-state index contributed by atoms with van der Waals surface area (Å²) in [6.07, 6.45) is 1.78. The van der Waals surface area contributed by atoms with Gasteiger partial charge in [0.15, 0.2) is 0 Å². The highest BCUT2D eigenvalue weighted by molar-refractivity contribution is 8.01. The van der Waals surface area contributed by atoms with Crippen LogP contribution in [0.3, 0.4) is 0 Å². The number of carbonyl (C=O) groups excluding carboxylic acids is 1. The van der Waals surface area contributed by atoms with Gasteiger partial charge in [-0.2, -0.15) is 0 Å². The number of nitrogen functional groups attached to an aromatic ring is 1. The summed E-state index contributed by atoms with van der Waals surface area (Å²) in [7, 11) is -3.81. The highest BCUT2D eigenvalue weighted by atomic mass is 32.2. The minimum Gasteiger partial charge on any atom is -0.462 e. The van der Waals surface area contributed by atoms with E-state index < -0.39 is 15.8 Å². The van der Waals surface area contributed by atoms with Crippen molar-refractivity contribution in [2.24, 2.45) is 5.73 Å². The van der Waals surface area contributed by atoms with Gasteiger partial charge in [-0.1, -0.05) is 24.3 Å². The van der Waals surface area contributed by atoms with Crippen molar-refractivity contribution in [2.75, 3.05) is 12.9 Å². The van der Waals surface area contributed by atoms with E-state index in [1.807, 2.05) is 0 Å². The number of ether oxygens (including phenoxy) is 1. The first kappa shape index (κ1) is 22.1. The Morgan fingerprint density at radius 2 is 1.80 bits per heavy atom. The van der Waals surface area contributed by atoms with Crippen LogP contribution in [0.2, 0.25) is 0 Å². The number of amidine groups is 1. The number of sulfone groups is 1. The van der Waals surface area contributed by atoms with Gasteiger partial charge in [0, 0.05) is 0 Å². The van der Waals surface area contributed by atoms with E-state index in [1.54, 1.807) is 55.6 Å². The van der Waals surface area contributed by atoms with Crippen molar-refractivity contribution >= 4 is 44.7 Å². The van der Waals surface area contributed by atoms with E-state index in [0.717, 1.165) is 0 Å². The molecule has 0 saturated heterocycles. The summed E-state index contributed by atoms with van der Waals surface area (Å²) in [4.78, 5) is 12.7. The molecule has 0 spiro atoms. The predicted octanol–water partition coefficient (Wildman–Crippen LogP) is 4.43. The number of benzene rings is 2. The quantitative estimate of drug-likeness (QED) is 0.234. The summed E-state index contributed by atoms with van der Waals surface area (Å²) < 4.78 is 32.2. The van der Waals surface area contributed by atoms with Crippen molar-refractivity contribution in [2.45, 2.75) is 20.9 Å². The third-order valence-corrected chi connectivity index (χ3v) is 8.60. The third-order valence-electron chi connectivity index (χ3n) is 4.26. The molecule has 0 aliphatic heterocycles. The van der Waals surface area contributed by atoms with Gasteiger partial charge in [-0.15, -0.1) is 23.1 Å². The maximum absolute atomic E-state index is 13.3. The van der Waals surface area contributed by atoms with Gasteiger partial charge in [0.2, 0.25) is 9.84 Å². The Bertz CT molecular complexity index is 1220. The Balaban J connectivity index is 2.05. The van der Waals surface area contributed by atoms with Gasteiger partial charge in [-0.05, 0) is 54.6 Å². The Hall–Kier alpha value is -2.62. The lowest BCUT2D eigenvalue weighted by Gasteiger charge is -2.09. The largest absolute Gasteiger partial charge is 0.462 e. The average Bonchev–Trinajstić information content (AvgIpc) is 3.20. The summed E-state index contributed by atoms with van der Waals surface area (Å²) in [6.45, 7) is 2.01. The predicted molar refractivity (Wildman–Crippen MR) is 120 cm³/mol. The van der Waals surface area contributed by atoms with Gasteiger partial charge in [0.25, 0.3) is 0 Å². The second-order valence-electron chi connectivity index (χ2n) is 6.21. The van der Waals surface area contributed by atoms with Crippen LogP contribution < -0.4 is 5.73 Å². The number of hydrogen-bond acceptors (Lipinski definition) is 7. The molecule has 0 radical (unpaired) electrons. The fourth-order valence-electron chi connectivity index (χ4n) is 2.83. The van der Waals surface area contributed by atoms with Gasteiger partial charge in [-0.25, -0.2) is 13.2 Å². The number of esters is 1. The molecule has 30 heavy (non-hydrogen) atoms. The molecule has 3 aromatic rings. The highest BCUT2D eigenvalue weighted by Gasteiger charge is 2.25. The molecule has 6 nitrogen and oxygen atoms in total. The van der Waals surface area contributed by atoms with Crippen LogP contribution in [-0.4, -0.2) is 33.1 Å². The first-order valence-corrected chi connectivity index (χ1v) is 12.4. The van der Waals surface area contributed by atoms with Gasteiger partial charge in [0.1, 0.15) is 5.84 Å². The van der Waals surface area contributed by atoms with E-state index in [9.17, 15) is 13.2 Å². The average molecular weight is 461 g/mol. The number of nitrogens with two attached hydrogens (primary N) is 1. The fourth-order valence-corrected chi connectivity index (χ4v) is 6.73. The van der Waals surface area contributed by atoms with Gasteiger partial charge >= 0.3 is 5.97 Å². The fraction of sp³-hybridized carbons (Fsp3) is 0.143. The second kappa shape index (κ2) is 9.03. The van der Waals surface area contributed by atoms with Crippen molar-refractivity contribution in [1.82, 2.24) is 0 Å². The van der Waals surface area contributed by atoms with Crippen molar-refractivity contribution < 1.29 is 17.9 Å². The van der Waals surface area contributed by atoms with Gasteiger partial charge in [-0.3, -0.25) is 5.41 Å². The van der Waals surface area contributed by atoms with E-state index in [2.05, 4.69) is 0 Å². The number of hydrogen-bond donors (Lipinski definition) is 2. The minimum atomic E-state index is -3.81. The van der Waals surface area contributed by atoms with Crippen LogP contribution in [0.1, 0.15) is 22.2 Å². The van der Waals surface area contributed by atoms with Crippen molar-refractivity contribution in [1.29, 1.82) is 5.41 Å². The maximum Gasteiger partial charge on any atom is 0.338 e. The number of thioether (sulfide) groups is 1. The number of rotatable bonds is 7. The summed E-state index contributed by atoms with van der Waals surface area (Å²) in [5, 5.41) is 7.61. The monoisotopic (exact) mass is 460 g/mol. The minimum absolute atomic E-state index is 0.129. The molecule has 2 aromatic carbocycles. The van der Waals surface area contributed by atoms with Crippen LogP contribution >= 0.6 is 23.1 Å². The van der Waals surface area contributed by atoms with Crippen molar-refractivity contribution in [3.63, 3.8) is 0 Å². The Labute approximate surface area is 183 Å². The first-order valence-electron chi connectivity index (χ1n) is 8.92. The molecular formula is C21H20N2O4S3. The highest BCUT2D eigenvalue weighted by Crippen LogP contribution is 2.37. The van der Waals surface area contributed by atoms with Crippen LogP contribution in [0.5, 0.6) is 0 Å². The molecule has 3 N–H and O–H groups in total. The zero-order valence-electron chi connectivity index (χ0n) is 16.3. The smallest absolute Gasteiger partial charge is 0.338 e. The lowest BCUT2D eigenvalue weighted by Crippen LogP contribution is -2.08. The van der Waals surface area contributed by atoms with Crippen LogP contribution in [-0.2, 0) is 14.6 Å². The zero-order chi connectivity index (χ0) is 21.9. The van der Waals surface area contributed by atoms with Crippen LogP contribution in [0, 0.1) is 5.41 Å². The molecule has 0 aliphatic carbocycles. The summed E-state index contributed by atoms with van der Waals surface area (Å²) in [5.74, 6) is -0.593. The number of nitrogens with one attached hydrogen (secondary N) is 1. The van der Waals surface area contributed by atoms with Gasteiger partial charge in [0.05, 0.1) is 31.0 Å². The van der Waals surface area contributed by atoms with Crippen molar-refractivity contribution in [3.8, 4) is 11.1 Å². The standard InChI is InChI=1S/C21H20N2O4S3/c1-3-27-20(24)15-8-4-6-13(10-15)14-7-5-9-16(11-14)30(25,26)18-12-17(19(22)23)29-21(18)28-2/h4-12H,3H2,1-2H3,(H3,22,23). The molecular weight excluding hydrogens is 440 g/mol. The SMILES string of the molecule is CCOC(=O)c1cccc(-c2cccc(S(=O)(=O)c3cc(C(=N)N)sc3SC)c2)c1. The molecule has 0 saturated carbocycles. The normalized spacial score (nSPS) is 11.3. The van der Waals surface area contributed by atoms with Crippen LogP contribution in [0.25, 0.3) is 11.1 Å². The zero-order valence-corrected chi connectivity index (χ0v) is 18.8. The molecule has 1 aromatic heterocycles. The number of thiophene rings is 1. The summed E-state index contributed by atoms with van der Waals surface area (Å²) >= 11 is 2.48. The maximum atomic E-state index is 13.3. The van der Waals surface area contributed by atoms with Crippen molar-refractivity contribution in [3.05, 3.63) is 65.0 Å². The Kier molecular flexibility index (Phi) is 6.64. The Morgan fingerprint density at radius 3 is 2.43 bits per heavy atom. The molecule has 0 aliphatic rings. The summed E-state index contributed by atoms with van der Waals surface area (Å²) in [5.41, 5.74) is 7.31. The molecule has 9 heteroatoms. The first-order chi connectivity index (χ1) is 14.3. The molecule has 1 heterocycles. The van der Waals surface area contributed by atoms with E-state index in [4.69, 9.17) is 15.9 Å². The third kappa shape index (κ3) is 4.43. The van der Waals surface area contributed by atoms with E-state index >= 15 is 0 Å². The molecule has 156 valence electrons. The molecule has 0 fully saturated rings. The summed E-state index contributed by atoms with van der Waals surface area (Å²) in [6, 6.07) is 14.9. The number of carbonyl (C=O) groups is 1. The topological polar surface area (TPSA) is 110 Å². The van der Waals surface area contributed by atoms with Crippen LogP contribution in [0.15, 0.2) is 68.6 Å². The molecule has 0 bridgehead atoms. The lowest BCUT2D eigenvalue weighted by atomic mass is 10.0. The lowest BCUT2D eigenvalue weighted by molar-refractivity contribution is 0.0526. The molecule has 0 unspecified atom stereocenters. The Morgan fingerprint density at radius 1 is 1.13 bits per heavy atom.